The van der Waals surface area contributed by atoms with Crippen molar-refractivity contribution in [2.24, 2.45) is 5.41 Å². The number of esters is 1. The van der Waals surface area contributed by atoms with E-state index in [1.54, 1.807) is 23.5 Å². The third-order valence-electron chi connectivity index (χ3n) is 6.83. The fourth-order valence-corrected chi connectivity index (χ4v) is 5.78. The number of ether oxygens (including phenoxy) is 2. The smallest absolute Gasteiger partial charge is 0.401 e. The summed E-state index contributed by atoms with van der Waals surface area (Å²) in [4.78, 5) is 17.4. The molecule has 4 rings (SSSR count). The largest absolute Gasteiger partial charge is 0.489 e. The minimum absolute atomic E-state index is 0.0617. The summed E-state index contributed by atoms with van der Waals surface area (Å²) in [7, 11) is 0. The number of halogens is 3. The zero-order valence-corrected chi connectivity index (χ0v) is 20.8. The van der Waals surface area contributed by atoms with Crippen molar-refractivity contribution < 1.29 is 27.4 Å². The molecule has 0 bridgehead atoms. The van der Waals surface area contributed by atoms with Crippen LogP contribution in [0.15, 0.2) is 49.1 Å². The lowest BCUT2D eigenvalue weighted by Crippen LogP contribution is -2.51. The highest BCUT2D eigenvalue weighted by Crippen LogP contribution is 2.53. The van der Waals surface area contributed by atoms with Gasteiger partial charge in [-0.25, -0.2) is 4.79 Å². The molecule has 0 saturated heterocycles. The average molecular weight is 504 g/mol. The van der Waals surface area contributed by atoms with Crippen LogP contribution in [0.25, 0.3) is 20.5 Å². The first-order valence-electron chi connectivity index (χ1n) is 11.7. The molecule has 3 atom stereocenters. The van der Waals surface area contributed by atoms with Gasteiger partial charge in [0.15, 0.2) is 0 Å². The van der Waals surface area contributed by atoms with Crippen LogP contribution in [-0.2, 0) is 22.4 Å². The minimum atomic E-state index is -4.62. The number of hydrogen-bond donors (Lipinski definition) is 0. The van der Waals surface area contributed by atoms with Gasteiger partial charge in [-0.2, -0.15) is 13.2 Å². The predicted molar refractivity (Wildman–Crippen MR) is 132 cm³/mol. The van der Waals surface area contributed by atoms with Crippen molar-refractivity contribution in [2.75, 3.05) is 0 Å². The lowest BCUT2D eigenvalue weighted by Gasteiger charge is -2.37. The number of thiophene rings is 1. The van der Waals surface area contributed by atoms with Gasteiger partial charge in [0.1, 0.15) is 23.4 Å². The molecule has 8 heteroatoms. The van der Waals surface area contributed by atoms with Crippen molar-refractivity contribution in [3.05, 3.63) is 60.4 Å². The van der Waals surface area contributed by atoms with Crippen LogP contribution in [0, 0.1) is 5.41 Å². The molecule has 1 aromatic carbocycles. The Morgan fingerprint density at radius 1 is 1.17 bits per heavy atom. The van der Waals surface area contributed by atoms with Crippen molar-refractivity contribution in [1.29, 1.82) is 0 Å². The number of alkyl halides is 3. The monoisotopic (exact) mass is 503 g/mol. The Labute approximate surface area is 206 Å². The van der Waals surface area contributed by atoms with Crippen molar-refractivity contribution >= 4 is 27.4 Å². The van der Waals surface area contributed by atoms with Crippen molar-refractivity contribution in [3.63, 3.8) is 0 Å². The number of aromatic nitrogens is 1. The number of carbonyl (C=O) groups excluding carboxylic acids is 1. The van der Waals surface area contributed by atoms with Crippen LogP contribution in [-0.4, -0.2) is 29.3 Å². The summed E-state index contributed by atoms with van der Waals surface area (Å²) in [6.45, 7) is 8.49. The topological polar surface area (TPSA) is 48.4 Å². The maximum absolute atomic E-state index is 14.2. The van der Waals surface area contributed by atoms with E-state index >= 15 is 0 Å². The van der Waals surface area contributed by atoms with E-state index in [0.717, 1.165) is 57.8 Å². The Morgan fingerprint density at radius 3 is 2.57 bits per heavy atom. The van der Waals surface area contributed by atoms with E-state index in [1.807, 2.05) is 12.1 Å². The van der Waals surface area contributed by atoms with E-state index in [0.29, 0.717) is 5.75 Å². The van der Waals surface area contributed by atoms with Gasteiger partial charge < -0.3 is 9.47 Å². The standard InChI is InChI=1S/C27H28F3NO3S/c1-5-17-9-11-19(20(6-2)31-17)22-14-16-8-10-18(15-21(16)35-22)33-23-12-13-24(34-25(32)7-3)26(23,4)27(28,29)30/h7-11,14-15,23-24H,3,5-6,12-13H2,1-2,4H3. The third kappa shape index (κ3) is 4.68. The molecule has 1 aliphatic rings. The molecule has 0 radical (unpaired) electrons. The third-order valence-corrected chi connectivity index (χ3v) is 7.96. The number of hydrogen-bond acceptors (Lipinski definition) is 5. The molecule has 3 aromatic rings. The molecule has 1 aliphatic carbocycles. The lowest BCUT2D eigenvalue weighted by molar-refractivity contribution is -0.262. The second-order valence-corrected chi connectivity index (χ2v) is 9.99. The van der Waals surface area contributed by atoms with E-state index in [1.165, 1.54) is 0 Å². The first-order chi connectivity index (χ1) is 16.6. The Balaban J connectivity index is 1.63. The zero-order valence-electron chi connectivity index (χ0n) is 19.9. The van der Waals surface area contributed by atoms with Gasteiger partial charge in [0, 0.05) is 32.6 Å². The van der Waals surface area contributed by atoms with Gasteiger partial charge in [0.25, 0.3) is 0 Å². The average Bonchev–Trinajstić information content (AvgIpc) is 3.40. The van der Waals surface area contributed by atoms with Crippen LogP contribution in [0.5, 0.6) is 5.75 Å². The molecular formula is C27H28F3NO3S. The molecule has 1 saturated carbocycles. The number of nitrogens with zero attached hydrogens (tertiary/aromatic N) is 1. The molecule has 0 aliphatic heterocycles. The van der Waals surface area contributed by atoms with Crippen molar-refractivity contribution in [1.82, 2.24) is 4.98 Å². The van der Waals surface area contributed by atoms with Crippen LogP contribution >= 0.6 is 11.3 Å². The van der Waals surface area contributed by atoms with Crippen molar-refractivity contribution in [2.45, 2.75) is 64.8 Å². The first-order valence-corrected chi connectivity index (χ1v) is 12.5. The van der Waals surface area contributed by atoms with E-state index in [2.05, 4.69) is 32.6 Å². The highest BCUT2D eigenvalue weighted by molar-refractivity contribution is 7.22. The summed E-state index contributed by atoms with van der Waals surface area (Å²) < 4.78 is 54.4. The highest BCUT2D eigenvalue weighted by Gasteiger charge is 2.66. The fourth-order valence-electron chi connectivity index (χ4n) is 4.64. The maximum Gasteiger partial charge on any atom is 0.401 e. The predicted octanol–water partition coefficient (Wildman–Crippen LogP) is 7.30. The van der Waals surface area contributed by atoms with Gasteiger partial charge >= 0.3 is 12.1 Å². The summed E-state index contributed by atoms with van der Waals surface area (Å²) in [5, 5.41) is 0.988. The Hall–Kier alpha value is -2.87. The van der Waals surface area contributed by atoms with E-state index < -0.39 is 29.8 Å². The second-order valence-electron chi connectivity index (χ2n) is 8.91. The number of benzene rings is 1. The summed E-state index contributed by atoms with van der Waals surface area (Å²) in [6, 6.07) is 11.5. The highest BCUT2D eigenvalue weighted by atomic mass is 32.1. The van der Waals surface area contributed by atoms with Gasteiger partial charge in [-0.05, 0) is 74.4 Å². The number of carbonyl (C=O) groups is 1. The van der Waals surface area contributed by atoms with E-state index in [4.69, 9.17) is 14.5 Å². The molecule has 0 N–H and O–H groups in total. The molecule has 2 heterocycles. The van der Waals surface area contributed by atoms with Gasteiger partial charge in [0.05, 0.1) is 0 Å². The fraction of sp³-hybridized carbons (Fsp3) is 0.407. The minimum Gasteiger partial charge on any atom is -0.489 e. The summed E-state index contributed by atoms with van der Waals surface area (Å²) in [6.07, 6.45) is -4.40. The van der Waals surface area contributed by atoms with Crippen LogP contribution < -0.4 is 4.74 Å². The molecule has 186 valence electrons. The molecule has 1 fully saturated rings. The SMILES string of the molecule is C=CC(=O)OC1CCC(Oc2ccc3cc(-c4ccc(CC)nc4CC)sc3c2)C1(C)C(F)(F)F. The Morgan fingerprint density at radius 2 is 1.91 bits per heavy atom. The maximum atomic E-state index is 14.2. The number of fused-ring (bicyclic) bond motifs is 1. The summed E-state index contributed by atoms with van der Waals surface area (Å²) >= 11 is 1.56. The molecule has 4 nitrogen and oxygen atoms in total. The first kappa shape index (κ1) is 25.2. The lowest BCUT2D eigenvalue weighted by atomic mass is 9.83. The molecule has 0 spiro atoms. The summed E-state index contributed by atoms with van der Waals surface area (Å²) in [5.41, 5.74) is 0.813. The van der Waals surface area contributed by atoms with Gasteiger partial charge in [-0.3, -0.25) is 4.98 Å². The Bertz CT molecular complexity index is 1250. The van der Waals surface area contributed by atoms with Gasteiger partial charge in [-0.15, -0.1) is 11.3 Å². The molecule has 3 unspecified atom stereocenters. The van der Waals surface area contributed by atoms with Crippen molar-refractivity contribution in [3.8, 4) is 16.2 Å². The van der Waals surface area contributed by atoms with Gasteiger partial charge in [0.2, 0.25) is 0 Å². The van der Waals surface area contributed by atoms with E-state index in [9.17, 15) is 18.0 Å². The molecule has 2 aromatic heterocycles. The molecule has 35 heavy (non-hydrogen) atoms. The Kier molecular flexibility index (Phi) is 6.95. The molecule has 0 amide bonds. The van der Waals surface area contributed by atoms with Crippen LogP contribution in [0.1, 0.15) is 45.0 Å². The van der Waals surface area contributed by atoms with Crippen LogP contribution in [0.2, 0.25) is 0 Å². The second kappa shape index (κ2) is 9.64. The van der Waals surface area contributed by atoms with E-state index in [-0.39, 0.29) is 12.8 Å². The van der Waals surface area contributed by atoms with Crippen LogP contribution in [0.4, 0.5) is 13.2 Å². The quantitative estimate of drug-likeness (QED) is 0.251. The van der Waals surface area contributed by atoms with Gasteiger partial charge in [-0.1, -0.05) is 20.4 Å². The normalized spacial score (nSPS) is 22.3. The number of pyridine rings is 1. The zero-order chi connectivity index (χ0) is 25.4. The number of aryl methyl sites for hydroxylation is 2. The summed E-state index contributed by atoms with van der Waals surface area (Å²) in [5.74, 6) is -0.510. The number of rotatable bonds is 7. The molecular weight excluding hydrogens is 475 g/mol. The van der Waals surface area contributed by atoms with Crippen LogP contribution in [0.3, 0.4) is 0 Å².